The molecule has 1 N–H and O–H groups in total. The lowest BCUT2D eigenvalue weighted by Crippen LogP contribution is -2.51. The molecule has 4 nitrogen and oxygen atoms in total. The van der Waals surface area contributed by atoms with Crippen LogP contribution in [0.3, 0.4) is 0 Å². The van der Waals surface area contributed by atoms with Crippen molar-refractivity contribution in [3.8, 4) is 0 Å². The van der Waals surface area contributed by atoms with E-state index in [0.29, 0.717) is 28.7 Å². The van der Waals surface area contributed by atoms with Crippen LogP contribution in [0.1, 0.15) is 34.5 Å². The summed E-state index contributed by atoms with van der Waals surface area (Å²) in [6.45, 7) is 1.33. The van der Waals surface area contributed by atoms with Crippen molar-refractivity contribution in [3.05, 3.63) is 106 Å². The predicted molar refractivity (Wildman–Crippen MR) is 138 cm³/mol. The summed E-state index contributed by atoms with van der Waals surface area (Å²) in [5, 5.41) is 5.71. The van der Waals surface area contributed by atoms with Gasteiger partial charge in [-0.15, -0.1) is 0 Å². The Hall–Kier alpha value is -2.79. The average molecular weight is 493 g/mol. The van der Waals surface area contributed by atoms with E-state index in [-0.39, 0.29) is 18.0 Å². The summed E-state index contributed by atoms with van der Waals surface area (Å²) in [5.41, 5.74) is 2.65. The zero-order valence-corrected chi connectivity index (χ0v) is 20.2. The highest BCUT2D eigenvalue weighted by Gasteiger charge is 2.32. The molecule has 2 unspecified atom stereocenters. The van der Waals surface area contributed by atoms with Gasteiger partial charge < -0.3 is 14.6 Å². The second kappa shape index (κ2) is 10.2. The van der Waals surface area contributed by atoms with Crippen LogP contribution < -0.4 is 5.32 Å². The third kappa shape index (κ3) is 5.30. The molecule has 0 saturated carbocycles. The lowest BCUT2D eigenvalue weighted by Gasteiger charge is -2.40. The summed E-state index contributed by atoms with van der Waals surface area (Å²) < 4.78 is 5.97. The number of furan rings is 1. The summed E-state index contributed by atoms with van der Waals surface area (Å²) in [7, 11) is 0. The Bertz CT molecular complexity index is 1230. The van der Waals surface area contributed by atoms with E-state index in [4.69, 9.17) is 27.6 Å². The number of benzene rings is 3. The second-order valence-corrected chi connectivity index (χ2v) is 9.73. The minimum atomic E-state index is -0.0268. The maximum absolute atomic E-state index is 13.5. The molecule has 5 rings (SSSR count). The first-order chi connectivity index (χ1) is 16.5. The van der Waals surface area contributed by atoms with Crippen LogP contribution >= 0.6 is 23.2 Å². The Morgan fingerprint density at radius 1 is 0.971 bits per heavy atom. The number of halogens is 2. The zero-order chi connectivity index (χ0) is 23.5. The highest BCUT2D eigenvalue weighted by molar-refractivity contribution is 6.35. The molecule has 0 radical (unpaired) electrons. The first kappa shape index (κ1) is 23.0. The monoisotopic (exact) mass is 492 g/mol. The number of likely N-dealkylation sites (tertiary alicyclic amines) is 1. The van der Waals surface area contributed by atoms with Crippen molar-refractivity contribution in [1.82, 2.24) is 10.2 Å². The molecule has 0 spiro atoms. The molecular weight excluding hydrogens is 467 g/mol. The average Bonchev–Trinajstić information content (AvgIpc) is 3.26. The smallest absolute Gasteiger partial charge is 0.254 e. The minimum Gasteiger partial charge on any atom is -0.460 e. The standard InChI is InChI=1S/C28H26Cl2N2O2/c29-22-13-21(14-23(30)16-22)28(33)32-11-10-24(17-25(32)12-19-6-2-1-3-7-19)31-18-26-15-20-8-4-5-9-27(20)34-26/h1-9,13-16,24-25,31H,10-12,17-18H2. The van der Waals surface area contributed by atoms with Crippen LogP contribution in [0.25, 0.3) is 11.0 Å². The zero-order valence-electron chi connectivity index (χ0n) is 18.7. The summed E-state index contributed by atoms with van der Waals surface area (Å²) in [5.74, 6) is 0.897. The molecule has 2 atom stereocenters. The molecule has 1 aromatic heterocycles. The molecule has 6 heteroatoms. The van der Waals surface area contributed by atoms with Gasteiger partial charge in [-0.05, 0) is 55.2 Å². The summed E-state index contributed by atoms with van der Waals surface area (Å²) in [4.78, 5) is 15.4. The Morgan fingerprint density at radius 2 is 1.71 bits per heavy atom. The fraction of sp³-hybridized carbons (Fsp3) is 0.250. The number of carbonyl (C=O) groups excluding carboxylic acids is 1. The van der Waals surface area contributed by atoms with Gasteiger partial charge in [-0.1, -0.05) is 71.7 Å². The van der Waals surface area contributed by atoms with Gasteiger partial charge in [0.15, 0.2) is 0 Å². The van der Waals surface area contributed by atoms with Crippen LogP contribution in [0, 0.1) is 0 Å². The number of nitrogens with one attached hydrogen (secondary N) is 1. The van der Waals surface area contributed by atoms with E-state index in [2.05, 4.69) is 29.6 Å². The summed E-state index contributed by atoms with van der Waals surface area (Å²) in [6, 6.07) is 25.8. The Kier molecular flexibility index (Phi) is 6.91. The first-order valence-corrected chi connectivity index (χ1v) is 12.3. The van der Waals surface area contributed by atoms with Crippen molar-refractivity contribution in [2.75, 3.05) is 6.54 Å². The van der Waals surface area contributed by atoms with E-state index in [1.54, 1.807) is 18.2 Å². The number of nitrogens with zero attached hydrogens (tertiary/aromatic N) is 1. The fourth-order valence-electron chi connectivity index (χ4n) is 4.80. The topological polar surface area (TPSA) is 45.5 Å². The maximum Gasteiger partial charge on any atom is 0.254 e. The van der Waals surface area contributed by atoms with Gasteiger partial charge in [-0.2, -0.15) is 0 Å². The molecule has 34 heavy (non-hydrogen) atoms. The Morgan fingerprint density at radius 3 is 2.47 bits per heavy atom. The van der Waals surface area contributed by atoms with Crippen molar-refractivity contribution in [2.45, 2.75) is 37.9 Å². The number of fused-ring (bicyclic) bond motifs is 1. The third-order valence-electron chi connectivity index (χ3n) is 6.44. The minimum absolute atomic E-state index is 0.0268. The van der Waals surface area contributed by atoms with E-state index in [1.165, 1.54) is 5.56 Å². The fourth-order valence-corrected chi connectivity index (χ4v) is 5.32. The molecule has 1 amide bonds. The van der Waals surface area contributed by atoms with Gasteiger partial charge in [0.05, 0.1) is 6.54 Å². The van der Waals surface area contributed by atoms with Crippen LogP contribution in [0.2, 0.25) is 10.0 Å². The molecule has 174 valence electrons. The van der Waals surface area contributed by atoms with Gasteiger partial charge in [0.25, 0.3) is 5.91 Å². The first-order valence-electron chi connectivity index (χ1n) is 11.6. The molecular formula is C28H26Cl2N2O2. The number of para-hydroxylation sites is 1. The molecule has 1 aliphatic rings. The van der Waals surface area contributed by atoms with Crippen molar-refractivity contribution >= 4 is 40.1 Å². The van der Waals surface area contributed by atoms with Crippen molar-refractivity contribution in [2.24, 2.45) is 0 Å². The van der Waals surface area contributed by atoms with E-state index >= 15 is 0 Å². The summed E-state index contributed by atoms with van der Waals surface area (Å²) in [6.07, 6.45) is 2.52. The van der Waals surface area contributed by atoms with Gasteiger partial charge in [0.2, 0.25) is 0 Å². The second-order valence-electron chi connectivity index (χ2n) is 8.85. The van der Waals surface area contributed by atoms with Gasteiger partial charge >= 0.3 is 0 Å². The van der Waals surface area contributed by atoms with Gasteiger partial charge in [0.1, 0.15) is 11.3 Å². The number of amides is 1. The van der Waals surface area contributed by atoms with Crippen molar-refractivity contribution in [3.63, 3.8) is 0 Å². The highest BCUT2D eigenvalue weighted by atomic mass is 35.5. The van der Waals surface area contributed by atoms with E-state index in [0.717, 1.165) is 36.0 Å². The molecule has 1 fully saturated rings. The molecule has 1 saturated heterocycles. The van der Waals surface area contributed by atoms with Crippen LogP contribution in [-0.4, -0.2) is 29.4 Å². The van der Waals surface area contributed by atoms with Gasteiger partial charge in [0, 0.05) is 39.6 Å². The van der Waals surface area contributed by atoms with Crippen LogP contribution in [0.15, 0.2) is 83.3 Å². The molecule has 4 aromatic rings. The van der Waals surface area contributed by atoms with Crippen LogP contribution in [0.4, 0.5) is 0 Å². The van der Waals surface area contributed by atoms with Crippen LogP contribution in [0.5, 0.6) is 0 Å². The quantitative estimate of drug-likeness (QED) is 0.323. The van der Waals surface area contributed by atoms with Gasteiger partial charge in [-0.25, -0.2) is 0 Å². The molecule has 2 heterocycles. The number of carbonyl (C=O) groups is 1. The third-order valence-corrected chi connectivity index (χ3v) is 6.88. The van der Waals surface area contributed by atoms with Crippen LogP contribution in [-0.2, 0) is 13.0 Å². The molecule has 1 aliphatic heterocycles. The lowest BCUT2D eigenvalue weighted by atomic mass is 9.91. The highest BCUT2D eigenvalue weighted by Crippen LogP contribution is 2.27. The molecule has 0 bridgehead atoms. The van der Waals surface area contributed by atoms with E-state index in [9.17, 15) is 4.79 Å². The predicted octanol–water partition coefficient (Wildman–Crippen LogP) is 6.75. The maximum atomic E-state index is 13.5. The summed E-state index contributed by atoms with van der Waals surface area (Å²) >= 11 is 12.4. The number of hydrogen-bond donors (Lipinski definition) is 1. The SMILES string of the molecule is O=C(c1cc(Cl)cc(Cl)c1)N1CCC(NCc2cc3ccccc3o2)CC1Cc1ccccc1. The molecule has 3 aromatic carbocycles. The Balaban J connectivity index is 1.32. The van der Waals surface area contributed by atoms with E-state index in [1.807, 2.05) is 41.3 Å². The largest absolute Gasteiger partial charge is 0.460 e. The normalized spacial score (nSPS) is 18.4. The van der Waals surface area contributed by atoms with Crippen molar-refractivity contribution < 1.29 is 9.21 Å². The van der Waals surface area contributed by atoms with Crippen molar-refractivity contribution in [1.29, 1.82) is 0 Å². The molecule has 0 aliphatic carbocycles. The lowest BCUT2D eigenvalue weighted by molar-refractivity contribution is 0.0575. The Labute approximate surface area is 209 Å². The number of rotatable bonds is 6. The number of piperidine rings is 1. The van der Waals surface area contributed by atoms with Gasteiger partial charge in [-0.3, -0.25) is 4.79 Å². The van der Waals surface area contributed by atoms with E-state index < -0.39 is 0 Å². The number of hydrogen-bond acceptors (Lipinski definition) is 3.